The molecule has 0 aliphatic heterocycles. The number of alkyl halides is 3. The van der Waals surface area contributed by atoms with Crippen LogP contribution in [0.15, 0.2) is 64.7 Å². The molecule has 194 valence electrons. The second kappa shape index (κ2) is 8.61. The summed E-state index contributed by atoms with van der Waals surface area (Å²) in [6.07, 6.45) is -3.09. The van der Waals surface area contributed by atoms with Gasteiger partial charge in [-0.3, -0.25) is 0 Å². The van der Waals surface area contributed by atoms with Crippen molar-refractivity contribution in [1.82, 2.24) is 0 Å². The molecule has 0 aliphatic rings. The van der Waals surface area contributed by atoms with Crippen LogP contribution in [0.5, 0.6) is 0 Å². The van der Waals surface area contributed by atoms with Crippen molar-refractivity contribution < 1.29 is 30.7 Å². The normalized spacial score (nSPS) is 13.1. The maximum absolute atomic E-state index is 15.0. The second-order valence-electron chi connectivity index (χ2n) is 8.90. The highest BCUT2D eigenvalue weighted by atomic mass is 19.4. The van der Waals surface area contributed by atoms with Crippen molar-refractivity contribution in [3.8, 4) is 17.3 Å². The number of hydrogen-bond donors (Lipinski definition) is 0. The molecule has 0 aliphatic carbocycles. The van der Waals surface area contributed by atoms with E-state index in [-0.39, 0.29) is 27.1 Å². The maximum Gasteiger partial charge on any atom is 0.416 e. The molecule has 0 aromatic heterocycles. The first-order chi connectivity index (χ1) is 19.1. The molecule has 0 heterocycles. The van der Waals surface area contributed by atoms with Crippen molar-refractivity contribution in [3.05, 3.63) is 106 Å². The Balaban J connectivity index is 1.76. The Morgan fingerprint density at radius 3 is 1.98 bits per heavy atom. The number of fused-ring (bicyclic) bond motifs is 6. The first-order valence-electron chi connectivity index (χ1n) is 11.4. The third-order valence-electron chi connectivity index (χ3n) is 6.84. The number of benzene rings is 4. The summed E-state index contributed by atoms with van der Waals surface area (Å²) in [4.78, 5) is 6.64. The van der Waals surface area contributed by atoms with Crippen LogP contribution in [-0.4, -0.2) is 0 Å². The van der Waals surface area contributed by atoms with Crippen molar-refractivity contribution in [2.24, 2.45) is 10.1 Å². The van der Waals surface area contributed by atoms with E-state index >= 15 is 0 Å². The van der Waals surface area contributed by atoms with Crippen molar-refractivity contribution in [2.45, 2.75) is 6.18 Å². The van der Waals surface area contributed by atoms with Gasteiger partial charge in [0, 0.05) is 21.5 Å². The Morgan fingerprint density at radius 1 is 0.675 bits per heavy atom. The van der Waals surface area contributed by atoms with E-state index < -0.39 is 51.1 Å². The van der Waals surface area contributed by atoms with E-state index in [9.17, 15) is 36.0 Å². The predicted molar refractivity (Wildman–Crippen MR) is 132 cm³/mol. The zero-order chi connectivity index (χ0) is 28.5. The van der Waals surface area contributed by atoms with Gasteiger partial charge in [-0.15, -0.1) is 4.95 Å². The van der Waals surface area contributed by atoms with Gasteiger partial charge in [0.25, 0.3) is 0 Å². The van der Waals surface area contributed by atoms with E-state index in [1.807, 2.05) is 0 Å². The van der Waals surface area contributed by atoms with Gasteiger partial charge in [0.2, 0.25) is 6.19 Å². The molecular weight excluding hydrogens is 537 g/mol. The molecule has 0 fully saturated rings. The highest BCUT2D eigenvalue weighted by molar-refractivity contribution is 6.21. The van der Waals surface area contributed by atoms with E-state index in [2.05, 4.69) is 15.0 Å². The van der Waals surface area contributed by atoms with Crippen molar-refractivity contribution in [3.63, 3.8) is 0 Å². The topological polar surface area (TPSA) is 52.9 Å². The molecular formula is C29H9F7N4. The SMILES string of the molecule is [C-]#[N+]N=c1c2cc(-c3cccc(C(F)(F)F)c3)ccc2c2cc3c(=NC#N)c4c(F)c(F)c(F)c(F)c4c3cc12. The molecule has 0 bridgehead atoms. The standard InChI is InChI=1S/C29H9F7N4/c1-38-40-27-18-8-13(12-3-2-4-14(7-12)29(34,35)36)5-6-15(18)16-9-20-17(10-19(16)27)21-22(28(20)39-11-37)24(31)26(33)25(32)23(21)30/h2-10H. The first-order valence-corrected chi connectivity index (χ1v) is 11.4. The summed E-state index contributed by atoms with van der Waals surface area (Å²) in [6, 6.07) is 12.1. The highest BCUT2D eigenvalue weighted by Gasteiger charge is 2.30. The average Bonchev–Trinajstić information content (AvgIpc) is 3.41. The third-order valence-corrected chi connectivity index (χ3v) is 6.84. The molecule has 0 unspecified atom stereocenters. The third kappa shape index (κ3) is 3.45. The van der Waals surface area contributed by atoms with Gasteiger partial charge in [-0.05, 0) is 57.6 Å². The van der Waals surface area contributed by atoms with Crippen LogP contribution in [0.25, 0.3) is 59.2 Å². The van der Waals surface area contributed by atoms with Crippen LogP contribution < -0.4 is 10.7 Å². The fourth-order valence-corrected chi connectivity index (χ4v) is 5.16. The van der Waals surface area contributed by atoms with Gasteiger partial charge in [-0.1, -0.05) is 24.3 Å². The molecule has 0 saturated carbocycles. The van der Waals surface area contributed by atoms with Gasteiger partial charge >= 0.3 is 6.18 Å². The molecule has 6 rings (SSSR count). The second-order valence-corrected chi connectivity index (χ2v) is 8.90. The molecule has 0 amide bonds. The van der Waals surface area contributed by atoms with Crippen LogP contribution in [-0.2, 0) is 6.18 Å². The first kappa shape index (κ1) is 25.0. The fourth-order valence-electron chi connectivity index (χ4n) is 5.16. The van der Waals surface area contributed by atoms with E-state index in [1.54, 1.807) is 18.2 Å². The molecule has 0 saturated heterocycles. The van der Waals surface area contributed by atoms with Gasteiger partial charge in [0.1, 0.15) is 0 Å². The number of hydrogen-bond acceptors (Lipinski definition) is 3. The van der Waals surface area contributed by atoms with Crippen LogP contribution in [0, 0.1) is 41.3 Å². The molecule has 6 aromatic carbocycles. The minimum absolute atomic E-state index is 0.0232. The Kier molecular flexibility index (Phi) is 5.39. The Labute approximate surface area is 218 Å². The average molecular weight is 546 g/mol. The van der Waals surface area contributed by atoms with Crippen LogP contribution in [0.2, 0.25) is 0 Å². The zero-order valence-corrected chi connectivity index (χ0v) is 19.6. The zero-order valence-electron chi connectivity index (χ0n) is 19.6. The predicted octanol–water partition coefficient (Wildman–Crippen LogP) is 7.53. The smallest absolute Gasteiger partial charge is 0.203 e. The van der Waals surface area contributed by atoms with Crippen LogP contribution in [0.1, 0.15) is 5.56 Å². The van der Waals surface area contributed by atoms with E-state index in [4.69, 9.17) is 6.57 Å². The molecule has 6 aromatic rings. The summed E-state index contributed by atoms with van der Waals surface area (Å²) in [5, 5.41) is 12.9. The maximum atomic E-state index is 15.0. The summed E-state index contributed by atoms with van der Waals surface area (Å²) in [5.41, 5.74) is -0.197. The largest absolute Gasteiger partial charge is 0.416 e. The monoisotopic (exact) mass is 546 g/mol. The number of halogens is 7. The molecule has 4 nitrogen and oxygen atoms in total. The minimum Gasteiger partial charge on any atom is -0.203 e. The van der Waals surface area contributed by atoms with Gasteiger partial charge in [0.05, 0.1) is 21.4 Å². The lowest BCUT2D eigenvalue weighted by Crippen LogP contribution is -2.04. The Hall–Kier alpha value is -5.29. The van der Waals surface area contributed by atoms with E-state index in [0.717, 1.165) is 12.1 Å². The van der Waals surface area contributed by atoms with Gasteiger partial charge in [0.15, 0.2) is 28.6 Å². The Morgan fingerprint density at radius 2 is 1.30 bits per heavy atom. The summed E-state index contributed by atoms with van der Waals surface area (Å²) in [5.74, 6) is -7.47. The summed E-state index contributed by atoms with van der Waals surface area (Å²) < 4.78 is 97.9. The molecule has 0 atom stereocenters. The van der Waals surface area contributed by atoms with Gasteiger partial charge in [-0.25, -0.2) is 17.6 Å². The quantitative estimate of drug-likeness (QED) is 0.0525. The summed E-state index contributed by atoms with van der Waals surface area (Å²) in [6.45, 7) is 7.29. The molecule has 0 spiro atoms. The number of nitrogens with zero attached hydrogens (tertiary/aromatic N) is 4. The van der Waals surface area contributed by atoms with E-state index in [0.29, 0.717) is 21.7 Å². The highest BCUT2D eigenvalue weighted by Crippen LogP contribution is 2.37. The fraction of sp³-hybridized carbons (Fsp3) is 0.0345. The van der Waals surface area contributed by atoms with Gasteiger partial charge in [-0.2, -0.15) is 30.0 Å². The Bertz CT molecular complexity index is 2280. The molecule has 0 N–H and O–H groups in total. The van der Waals surface area contributed by atoms with Crippen molar-refractivity contribution >= 4 is 43.1 Å². The number of nitriles is 1. The molecule has 40 heavy (non-hydrogen) atoms. The van der Waals surface area contributed by atoms with Crippen molar-refractivity contribution in [1.29, 1.82) is 5.26 Å². The van der Waals surface area contributed by atoms with Gasteiger partial charge < -0.3 is 0 Å². The van der Waals surface area contributed by atoms with Crippen molar-refractivity contribution in [2.75, 3.05) is 0 Å². The summed E-state index contributed by atoms with van der Waals surface area (Å²) in [7, 11) is 0. The lowest BCUT2D eigenvalue weighted by Gasteiger charge is -2.09. The molecule has 0 radical (unpaired) electrons. The number of rotatable bonds is 1. The lowest BCUT2D eigenvalue weighted by molar-refractivity contribution is -0.137. The summed E-state index contributed by atoms with van der Waals surface area (Å²) >= 11 is 0. The van der Waals surface area contributed by atoms with Crippen LogP contribution in [0.3, 0.4) is 0 Å². The molecule has 11 heteroatoms. The van der Waals surface area contributed by atoms with Crippen LogP contribution in [0.4, 0.5) is 30.7 Å². The van der Waals surface area contributed by atoms with Crippen LogP contribution >= 0.6 is 0 Å². The van der Waals surface area contributed by atoms with E-state index in [1.165, 1.54) is 30.5 Å². The lowest BCUT2D eigenvalue weighted by atomic mass is 10.0. The minimum atomic E-state index is -4.56.